The molecular formula is C16H22N4O. The zero-order chi connectivity index (χ0) is 14.7. The monoisotopic (exact) mass is 286 g/mol. The molecule has 5 nitrogen and oxygen atoms in total. The summed E-state index contributed by atoms with van der Waals surface area (Å²) in [4.78, 5) is 0. The van der Waals surface area contributed by atoms with Gasteiger partial charge in [-0.15, -0.1) is 5.10 Å². The molecule has 5 heteroatoms. The van der Waals surface area contributed by atoms with Crippen LogP contribution in [0.25, 0.3) is 5.69 Å². The maximum Gasteiger partial charge on any atom is 0.0841 e. The van der Waals surface area contributed by atoms with E-state index in [1.54, 1.807) is 0 Å². The first-order valence-corrected chi connectivity index (χ1v) is 7.64. The van der Waals surface area contributed by atoms with E-state index >= 15 is 0 Å². The molecule has 1 aromatic carbocycles. The van der Waals surface area contributed by atoms with Crippen LogP contribution in [0.1, 0.15) is 38.4 Å². The number of likely N-dealkylation sites (N-methyl/N-ethyl adjacent to an activating group) is 1. The van der Waals surface area contributed by atoms with Crippen LogP contribution in [0.5, 0.6) is 0 Å². The number of nitrogens with zero attached hydrogens (tertiary/aromatic N) is 3. The molecule has 1 fully saturated rings. The van der Waals surface area contributed by atoms with E-state index in [-0.39, 0.29) is 12.1 Å². The zero-order valence-electron chi connectivity index (χ0n) is 12.6. The lowest BCUT2D eigenvalue weighted by Crippen LogP contribution is -2.33. The van der Waals surface area contributed by atoms with E-state index in [1.165, 1.54) is 0 Å². The predicted octanol–water partition coefficient (Wildman–Crippen LogP) is 2.49. The van der Waals surface area contributed by atoms with Crippen molar-refractivity contribution in [3.8, 4) is 5.69 Å². The fourth-order valence-electron chi connectivity index (χ4n) is 2.95. The third kappa shape index (κ3) is 2.99. The van der Waals surface area contributed by atoms with Gasteiger partial charge in [-0.25, -0.2) is 4.68 Å². The second-order valence-corrected chi connectivity index (χ2v) is 5.50. The molecule has 1 N–H and O–H groups in total. The van der Waals surface area contributed by atoms with E-state index in [0.29, 0.717) is 6.10 Å². The van der Waals surface area contributed by atoms with Crippen LogP contribution >= 0.6 is 0 Å². The van der Waals surface area contributed by atoms with Crippen molar-refractivity contribution in [3.05, 3.63) is 42.2 Å². The summed E-state index contributed by atoms with van der Waals surface area (Å²) < 4.78 is 7.96. The lowest BCUT2D eigenvalue weighted by molar-refractivity contribution is 0.0305. The highest BCUT2D eigenvalue weighted by Gasteiger charge is 2.32. The SMILES string of the molecule is CCNC(c1cnnn1-c1ccccc1)C1CCC(C)O1. The topological polar surface area (TPSA) is 52.0 Å². The highest BCUT2D eigenvalue weighted by atomic mass is 16.5. The second kappa shape index (κ2) is 6.37. The summed E-state index contributed by atoms with van der Waals surface area (Å²) in [6.07, 6.45) is 4.53. The molecule has 3 atom stereocenters. The van der Waals surface area contributed by atoms with Gasteiger partial charge in [0.1, 0.15) is 0 Å². The Hall–Kier alpha value is -1.72. The summed E-state index contributed by atoms with van der Waals surface area (Å²) >= 11 is 0. The normalized spacial score (nSPS) is 23.3. The minimum Gasteiger partial charge on any atom is -0.373 e. The predicted molar refractivity (Wildman–Crippen MR) is 81.3 cm³/mol. The molecule has 0 saturated carbocycles. The largest absolute Gasteiger partial charge is 0.373 e. The van der Waals surface area contributed by atoms with Crippen LogP contribution in [0.2, 0.25) is 0 Å². The fourth-order valence-corrected chi connectivity index (χ4v) is 2.95. The third-order valence-corrected chi connectivity index (χ3v) is 3.96. The lowest BCUT2D eigenvalue weighted by Gasteiger charge is -2.24. The van der Waals surface area contributed by atoms with E-state index in [4.69, 9.17) is 4.74 Å². The standard InChI is InChI=1S/C16H22N4O/c1-3-17-16(15-10-9-12(2)21-15)14-11-18-19-20(14)13-7-5-4-6-8-13/h4-8,11-12,15-17H,3,9-10H2,1-2H3. The van der Waals surface area contributed by atoms with Crippen LogP contribution in [-0.4, -0.2) is 33.7 Å². The highest BCUT2D eigenvalue weighted by Crippen LogP contribution is 2.30. The van der Waals surface area contributed by atoms with Gasteiger partial charge in [0.05, 0.1) is 35.8 Å². The molecule has 0 radical (unpaired) electrons. The molecule has 3 unspecified atom stereocenters. The van der Waals surface area contributed by atoms with Gasteiger partial charge in [0.25, 0.3) is 0 Å². The van der Waals surface area contributed by atoms with Crippen molar-refractivity contribution >= 4 is 0 Å². The van der Waals surface area contributed by atoms with Crippen molar-refractivity contribution in [2.24, 2.45) is 0 Å². The number of nitrogens with one attached hydrogen (secondary N) is 1. The molecule has 2 aromatic rings. The molecule has 3 rings (SSSR count). The molecule has 2 heterocycles. The molecule has 1 saturated heterocycles. The highest BCUT2D eigenvalue weighted by molar-refractivity contribution is 5.32. The van der Waals surface area contributed by atoms with Crippen molar-refractivity contribution in [1.82, 2.24) is 20.3 Å². The number of hydrogen-bond acceptors (Lipinski definition) is 4. The van der Waals surface area contributed by atoms with Gasteiger partial charge < -0.3 is 10.1 Å². The second-order valence-electron chi connectivity index (χ2n) is 5.50. The molecule has 21 heavy (non-hydrogen) atoms. The summed E-state index contributed by atoms with van der Waals surface area (Å²) in [5, 5.41) is 11.9. The van der Waals surface area contributed by atoms with Gasteiger partial charge in [0.15, 0.2) is 0 Å². The summed E-state index contributed by atoms with van der Waals surface area (Å²) in [6, 6.07) is 10.2. The van der Waals surface area contributed by atoms with Gasteiger partial charge in [-0.3, -0.25) is 0 Å². The van der Waals surface area contributed by atoms with Crippen molar-refractivity contribution in [2.75, 3.05) is 6.54 Å². The molecule has 0 aliphatic carbocycles. The fraction of sp³-hybridized carbons (Fsp3) is 0.500. The quantitative estimate of drug-likeness (QED) is 0.917. The van der Waals surface area contributed by atoms with E-state index < -0.39 is 0 Å². The summed E-state index contributed by atoms with van der Waals surface area (Å²) in [6.45, 7) is 5.14. The van der Waals surface area contributed by atoms with E-state index in [9.17, 15) is 0 Å². The van der Waals surface area contributed by atoms with Crippen LogP contribution in [0.3, 0.4) is 0 Å². The molecular weight excluding hydrogens is 264 g/mol. The van der Waals surface area contributed by atoms with Crippen molar-refractivity contribution in [2.45, 2.75) is 44.9 Å². The van der Waals surface area contributed by atoms with Crippen LogP contribution in [0, 0.1) is 0 Å². The van der Waals surface area contributed by atoms with Crippen molar-refractivity contribution < 1.29 is 4.74 Å². The van der Waals surface area contributed by atoms with E-state index in [0.717, 1.165) is 30.8 Å². The molecule has 1 aliphatic rings. The average Bonchev–Trinajstić information content (AvgIpc) is 3.15. The Balaban J connectivity index is 1.92. The minimum absolute atomic E-state index is 0.121. The van der Waals surface area contributed by atoms with Gasteiger partial charge in [-0.05, 0) is 38.4 Å². The van der Waals surface area contributed by atoms with Gasteiger partial charge >= 0.3 is 0 Å². The Morgan fingerprint density at radius 2 is 2.14 bits per heavy atom. The van der Waals surface area contributed by atoms with Crippen molar-refractivity contribution in [1.29, 1.82) is 0 Å². The maximum absolute atomic E-state index is 6.06. The Morgan fingerprint density at radius 1 is 1.33 bits per heavy atom. The molecule has 112 valence electrons. The van der Waals surface area contributed by atoms with E-state index in [2.05, 4.69) is 29.5 Å². The van der Waals surface area contributed by atoms with Crippen molar-refractivity contribution in [3.63, 3.8) is 0 Å². The number of para-hydroxylation sites is 1. The minimum atomic E-state index is 0.121. The molecule has 0 spiro atoms. The molecule has 1 aliphatic heterocycles. The average molecular weight is 286 g/mol. The first-order valence-electron chi connectivity index (χ1n) is 7.64. The Kier molecular flexibility index (Phi) is 4.31. The summed E-state index contributed by atoms with van der Waals surface area (Å²) in [7, 11) is 0. The van der Waals surface area contributed by atoms with Gasteiger partial charge in [-0.2, -0.15) is 0 Å². The van der Waals surface area contributed by atoms with E-state index in [1.807, 2.05) is 41.2 Å². The third-order valence-electron chi connectivity index (χ3n) is 3.96. The summed E-state index contributed by atoms with van der Waals surface area (Å²) in [5.41, 5.74) is 2.08. The number of ether oxygens (including phenoxy) is 1. The smallest absolute Gasteiger partial charge is 0.0841 e. The number of rotatable bonds is 5. The zero-order valence-corrected chi connectivity index (χ0v) is 12.6. The van der Waals surface area contributed by atoms with Crippen LogP contribution in [0.4, 0.5) is 0 Å². The van der Waals surface area contributed by atoms with Crippen LogP contribution in [-0.2, 0) is 4.74 Å². The summed E-state index contributed by atoms with van der Waals surface area (Å²) in [5.74, 6) is 0. The Bertz CT molecular complexity index is 569. The lowest BCUT2D eigenvalue weighted by atomic mass is 10.0. The van der Waals surface area contributed by atoms with Gasteiger partial charge in [0, 0.05) is 0 Å². The molecule has 0 amide bonds. The number of hydrogen-bond donors (Lipinski definition) is 1. The Morgan fingerprint density at radius 3 is 2.81 bits per heavy atom. The first-order chi connectivity index (χ1) is 10.3. The van der Waals surface area contributed by atoms with Crippen LogP contribution in [0.15, 0.2) is 36.5 Å². The van der Waals surface area contributed by atoms with Crippen LogP contribution < -0.4 is 5.32 Å². The number of aromatic nitrogens is 3. The number of benzene rings is 1. The molecule has 0 bridgehead atoms. The maximum atomic E-state index is 6.06. The first kappa shape index (κ1) is 14.2. The van der Waals surface area contributed by atoms with Gasteiger partial charge in [-0.1, -0.05) is 30.3 Å². The Labute approximate surface area is 125 Å². The van der Waals surface area contributed by atoms with Gasteiger partial charge in [0.2, 0.25) is 0 Å². The molecule has 1 aromatic heterocycles.